The largest absolute Gasteiger partial charge is 0.462 e. The standard InChI is InChI=1S/C19H31NO2/c1-6-8-11-16(7-2)14-22-19(21)18-13-10-9-12-17(18)15(3)20(4)5/h9-10,12-13,15-16H,6-8,11,14H2,1-5H3. The van der Waals surface area contributed by atoms with Crippen LogP contribution in [0.25, 0.3) is 0 Å². The van der Waals surface area contributed by atoms with Gasteiger partial charge < -0.3 is 9.64 Å². The highest BCUT2D eigenvalue weighted by molar-refractivity contribution is 5.91. The van der Waals surface area contributed by atoms with Gasteiger partial charge in [-0.05, 0) is 45.0 Å². The number of carbonyl (C=O) groups is 1. The van der Waals surface area contributed by atoms with E-state index in [-0.39, 0.29) is 12.0 Å². The summed E-state index contributed by atoms with van der Waals surface area (Å²) >= 11 is 0. The maximum atomic E-state index is 12.4. The monoisotopic (exact) mass is 305 g/mol. The molecule has 22 heavy (non-hydrogen) atoms. The molecule has 0 N–H and O–H groups in total. The molecule has 0 saturated carbocycles. The predicted molar refractivity (Wildman–Crippen MR) is 92.1 cm³/mol. The molecule has 0 heterocycles. The summed E-state index contributed by atoms with van der Waals surface area (Å²) in [5, 5.41) is 0. The van der Waals surface area contributed by atoms with Crippen LogP contribution in [0.15, 0.2) is 24.3 Å². The van der Waals surface area contributed by atoms with Crippen molar-refractivity contribution in [2.24, 2.45) is 5.92 Å². The van der Waals surface area contributed by atoms with Crippen molar-refractivity contribution in [1.82, 2.24) is 4.90 Å². The van der Waals surface area contributed by atoms with Crippen molar-refractivity contribution in [3.05, 3.63) is 35.4 Å². The Hall–Kier alpha value is -1.35. The summed E-state index contributed by atoms with van der Waals surface area (Å²) in [5.41, 5.74) is 1.72. The Morgan fingerprint density at radius 3 is 2.50 bits per heavy atom. The second-order valence-corrected chi connectivity index (χ2v) is 6.24. The molecule has 0 radical (unpaired) electrons. The quantitative estimate of drug-likeness (QED) is 0.620. The van der Waals surface area contributed by atoms with E-state index in [1.165, 1.54) is 12.8 Å². The third kappa shape index (κ3) is 5.45. The summed E-state index contributed by atoms with van der Waals surface area (Å²) in [6.07, 6.45) is 4.58. The van der Waals surface area contributed by atoms with Crippen molar-refractivity contribution in [1.29, 1.82) is 0 Å². The molecular formula is C19H31NO2. The average Bonchev–Trinajstić information content (AvgIpc) is 2.54. The van der Waals surface area contributed by atoms with E-state index in [0.29, 0.717) is 18.1 Å². The Morgan fingerprint density at radius 1 is 1.23 bits per heavy atom. The van der Waals surface area contributed by atoms with Gasteiger partial charge in [-0.3, -0.25) is 0 Å². The zero-order valence-corrected chi connectivity index (χ0v) is 14.8. The molecule has 0 aliphatic rings. The molecule has 1 aromatic carbocycles. The summed E-state index contributed by atoms with van der Waals surface area (Å²) < 4.78 is 5.59. The average molecular weight is 305 g/mol. The molecule has 1 aromatic rings. The van der Waals surface area contributed by atoms with Gasteiger partial charge in [0.05, 0.1) is 12.2 Å². The number of hydrogen-bond donors (Lipinski definition) is 0. The van der Waals surface area contributed by atoms with E-state index in [2.05, 4.69) is 25.7 Å². The minimum absolute atomic E-state index is 0.186. The van der Waals surface area contributed by atoms with Gasteiger partial charge in [-0.15, -0.1) is 0 Å². The fourth-order valence-electron chi connectivity index (χ4n) is 2.49. The molecule has 0 aliphatic carbocycles. The van der Waals surface area contributed by atoms with Crippen molar-refractivity contribution < 1.29 is 9.53 Å². The SMILES string of the molecule is CCCCC(CC)COC(=O)c1ccccc1C(C)N(C)C. The van der Waals surface area contributed by atoms with E-state index in [9.17, 15) is 4.79 Å². The van der Waals surface area contributed by atoms with Gasteiger partial charge in [-0.1, -0.05) is 51.3 Å². The van der Waals surface area contributed by atoms with Crippen molar-refractivity contribution in [3.63, 3.8) is 0 Å². The molecule has 124 valence electrons. The lowest BCUT2D eigenvalue weighted by molar-refractivity contribution is 0.0425. The molecule has 3 nitrogen and oxygen atoms in total. The van der Waals surface area contributed by atoms with Gasteiger partial charge in [-0.2, -0.15) is 0 Å². The van der Waals surface area contributed by atoms with Crippen LogP contribution < -0.4 is 0 Å². The number of benzene rings is 1. The number of nitrogens with zero attached hydrogens (tertiary/aromatic N) is 1. The first-order chi connectivity index (χ1) is 10.5. The van der Waals surface area contributed by atoms with Crippen LogP contribution in [0.3, 0.4) is 0 Å². The van der Waals surface area contributed by atoms with Gasteiger partial charge in [0, 0.05) is 6.04 Å². The smallest absolute Gasteiger partial charge is 0.338 e. The van der Waals surface area contributed by atoms with E-state index < -0.39 is 0 Å². The molecule has 2 atom stereocenters. The minimum atomic E-state index is -0.195. The maximum Gasteiger partial charge on any atom is 0.338 e. The number of unbranched alkanes of at least 4 members (excludes halogenated alkanes) is 1. The molecule has 0 spiro atoms. The molecule has 3 heteroatoms. The topological polar surface area (TPSA) is 29.5 Å². The Kier molecular flexibility index (Phi) is 8.18. The van der Waals surface area contributed by atoms with Gasteiger partial charge in [0.25, 0.3) is 0 Å². The van der Waals surface area contributed by atoms with Crippen molar-refractivity contribution in [3.8, 4) is 0 Å². The zero-order valence-electron chi connectivity index (χ0n) is 14.8. The second-order valence-electron chi connectivity index (χ2n) is 6.24. The van der Waals surface area contributed by atoms with E-state index in [1.807, 2.05) is 38.4 Å². The fourth-order valence-corrected chi connectivity index (χ4v) is 2.49. The summed E-state index contributed by atoms with van der Waals surface area (Å²) in [6, 6.07) is 7.94. The van der Waals surface area contributed by atoms with E-state index in [4.69, 9.17) is 4.74 Å². The first kappa shape index (κ1) is 18.7. The summed E-state index contributed by atoms with van der Waals surface area (Å²) in [4.78, 5) is 14.5. The third-order valence-electron chi connectivity index (χ3n) is 4.40. The summed E-state index contributed by atoms with van der Waals surface area (Å²) in [5.74, 6) is 0.279. The van der Waals surface area contributed by atoms with Crippen LogP contribution in [0, 0.1) is 5.92 Å². The maximum absolute atomic E-state index is 12.4. The molecule has 2 unspecified atom stereocenters. The molecule has 1 rings (SSSR count). The predicted octanol–water partition coefficient (Wildman–Crippen LogP) is 4.68. The normalized spacial score (nSPS) is 13.9. The molecular weight excluding hydrogens is 274 g/mol. The summed E-state index contributed by atoms with van der Waals surface area (Å²) in [6.45, 7) is 6.98. The number of hydrogen-bond acceptors (Lipinski definition) is 3. The molecule has 0 saturated heterocycles. The Bertz CT molecular complexity index is 457. The van der Waals surface area contributed by atoms with E-state index >= 15 is 0 Å². The molecule has 0 fully saturated rings. The number of carbonyl (C=O) groups excluding carboxylic acids is 1. The molecule has 0 aromatic heterocycles. The number of esters is 1. The highest BCUT2D eigenvalue weighted by atomic mass is 16.5. The Balaban J connectivity index is 2.73. The van der Waals surface area contributed by atoms with E-state index in [1.54, 1.807) is 0 Å². The van der Waals surface area contributed by atoms with Gasteiger partial charge in [0.15, 0.2) is 0 Å². The van der Waals surface area contributed by atoms with Crippen LogP contribution in [0.4, 0.5) is 0 Å². The molecule has 0 amide bonds. The van der Waals surface area contributed by atoms with Crippen LogP contribution in [-0.2, 0) is 4.74 Å². The lowest BCUT2D eigenvalue weighted by Crippen LogP contribution is -2.21. The minimum Gasteiger partial charge on any atom is -0.462 e. The second kappa shape index (κ2) is 9.62. The van der Waals surface area contributed by atoms with Gasteiger partial charge in [-0.25, -0.2) is 4.79 Å². The highest BCUT2D eigenvalue weighted by Crippen LogP contribution is 2.23. The van der Waals surface area contributed by atoms with Crippen molar-refractivity contribution >= 4 is 5.97 Å². The zero-order chi connectivity index (χ0) is 16.5. The first-order valence-electron chi connectivity index (χ1n) is 8.43. The van der Waals surface area contributed by atoms with Crippen LogP contribution in [0.2, 0.25) is 0 Å². The van der Waals surface area contributed by atoms with E-state index in [0.717, 1.165) is 18.4 Å². The Labute approximate surface area is 135 Å². The van der Waals surface area contributed by atoms with Crippen LogP contribution >= 0.6 is 0 Å². The van der Waals surface area contributed by atoms with Crippen molar-refractivity contribution in [2.75, 3.05) is 20.7 Å². The fraction of sp³-hybridized carbons (Fsp3) is 0.632. The lowest BCUT2D eigenvalue weighted by atomic mass is 9.99. The highest BCUT2D eigenvalue weighted by Gasteiger charge is 2.19. The Morgan fingerprint density at radius 2 is 1.91 bits per heavy atom. The number of ether oxygens (including phenoxy) is 1. The number of rotatable bonds is 9. The van der Waals surface area contributed by atoms with Crippen LogP contribution in [0.1, 0.15) is 68.4 Å². The van der Waals surface area contributed by atoms with Crippen LogP contribution in [-0.4, -0.2) is 31.6 Å². The first-order valence-corrected chi connectivity index (χ1v) is 8.43. The summed E-state index contributed by atoms with van der Waals surface area (Å²) in [7, 11) is 4.04. The van der Waals surface area contributed by atoms with Gasteiger partial charge >= 0.3 is 5.97 Å². The van der Waals surface area contributed by atoms with Gasteiger partial charge in [0.2, 0.25) is 0 Å². The van der Waals surface area contributed by atoms with Crippen LogP contribution in [0.5, 0.6) is 0 Å². The molecule has 0 bridgehead atoms. The molecule has 0 aliphatic heterocycles. The van der Waals surface area contributed by atoms with Gasteiger partial charge in [0.1, 0.15) is 0 Å². The lowest BCUT2D eigenvalue weighted by Gasteiger charge is -2.22. The third-order valence-corrected chi connectivity index (χ3v) is 4.40. The van der Waals surface area contributed by atoms with Crippen molar-refractivity contribution in [2.45, 2.75) is 52.5 Å².